The van der Waals surface area contributed by atoms with Gasteiger partial charge in [-0.25, -0.2) is 0 Å². The highest BCUT2D eigenvalue weighted by molar-refractivity contribution is 8.18. The third-order valence-corrected chi connectivity index (χ3v) is 4.84. The number of carbonyl (C=O) groups is 2. The fourth-order valence-electron chi connectivity index (χ4n) is 2.76. The molecule has 1 atom stereocenters. The average molecular weight is 338 g/mol. The fourth-order valence-corrected chi connectivity index (χ4v) is 3.73. The predicted molar refractivity (Wildman–Crippen MR) is 90.0 cm³/mol. The Bertz CT molecular complexity index is 662. The van der Waals surface area contributed by atoms with Crippen molar-refractivity contribution >= 4 is 46.3 Å². The van der Waals surface area contributed by atoms with E-state index >= 15 is 0 Å². The van der Waals surface area contributed by atoms with Crippen molar-refractivity contribution < 1.29 is 9.59 Å². The van der Waals surface area contributed by atoms with Crippen LogP contribution >= 0.6 is 23.4 Å². The summed E-state index contributed by atoms with van der Waals surface area (Å²) in [4.78, 5) is 25.6. The zero-order valence-corrected chi connectivity index (χ0v) is 13.4. The number of nitrogens with zero attached hydrogens (tertiary/aromatic N) is 1. The molecule has 3 rings (SSSR count). The Balaban J connectivity index is 1.98. The molecule has 7 heteroatoms. The maximum absolute atomic E-state index is 11.7. The SMILES string of the molecule is NC1CCCN(c2c(Cl)cccc2/C=C2\SC(=O)NC2=O)C1. The normalized spacial score (nSPS) is 24.0. The number of anilines is 1. The minimum atomic E-state index is -0.365. The van der Waals surface area contributed by atoms with E-state index in [0.29, 0.717) is 9.93 Å². The van der Waals surface area contributed by atoms with Crippen LogP contribution in [0.1, 0.15) is 18.4 Å². The molecule has 2 fully saturated rings. The van der Waals surface area contributed by atoms with Crippen molar-refractivity contribution in [2.75, 3.05) is 18.0 Å². The van der Waals surface area contributed by atoms with E-state index in [1.165, 1.54) is 0 Å². The molecule has 3 N–H and O–H groups in total. The number of halogens is 1. The average Bonchev–Trinajstić information content (AvgIpc) is 2.77. The first-order valence-electron chi connectivity index (χ1n) is 7.08. The summed E-state index contributed by atoms with van der Waals surface area (Å²) < 4.78 is 0. The molecule has 1 aromatic carbocycles. The lowest BCUT2D eigenvalue weighted by Gasteiger charge is -2.34. The summed E-state index contributed by atoms with van der Waals surface area (Å²) in [6, 6.07) is 5.68. The molecule has 5 nitrogen and oxygen atoms in total. The van der Waals surface area contributed by atoms with E-state index < -0.39 is 0 Å². The number of amides is 2. The van der Waals surface area contributed by atoms with Crippen molar-refractivity contribution in [3.63, 3.8) is 0 Å². The van der Waals surface area contributed by atoms with Gasteiger partial charge in [-0.15, -0.1) is 0 Å². The Hall–Kier alpha value is -1.50. The number of nitrogens with one attached hydrogen (secondary N) is 1. The quantitative estimate of drug-likeness (QED) is 0.811. The van der Waals surface area contributed by atoms with Gasteiger partial charge in [-0.1, -0.05) is 23.7 Å². The predicted octanol–water partition coefficient (Wildman–Crippen LogP) is 2.59. The summed E-state index contributed by atoms with van der Waals surface area (Å²) in [7, 11) is 0. The highest BCUT2D eigenvalue weighted by Crippen LogP contribution is 2.35. The number of imide groups is 1. The minimum absolute atomic E-state index is 0.122. The van der Waals surface area contributed by atoms with Crippen LogP contribution in [0.5, 0.6) is 0 Å². The second-order valence-corrected chi connectivity index (χ2v) is 6.80. The molecule has 1 unspecified atom stereocenters. The number of nitrogens with two attached hydrogens (primary N) is 1. The number of hydrogen-bond donors (Lipinski definition) is 2. The first kappa shape index (κ1) is 15.4. The molecule has 2 amide bonds. The molecule has 0 saturated carbocycles. The van der Waals surface area contributed by atoms with Crippen molar-refractivity contribution in [1.82, 2.24) is 5.32 Å². The molecule has 0 radical (unpaired) electrons. The van der Waals surface area contributed by atoms with Crippen LogP contribution in [0, 0.1) is 0 Å². The molecule has 0 aliphatic carbocycles. The van der Waals surface area contributed by atoms with Crippen LogP contribution in [-0.2, 0) is 4.79 Å². The molecule has 1 aromatic rings. The van der Waals surface area contributed by atoms with Crippen LogP contribution < -0.4 is 16.0 Å². The number of piperidine rings is 1. The van der Waals surface area contributed by atoms with Crippen LogP contribution in [-0.4, -0.2) is 30.3 Å². The number of benzene rings is 1. The lowest BCUT2D eigenvalue weighted by atomic mass is 10.0. The van der Waals surface area contributed by atoms with E-state index in [0.717, 1.165) is 48.9 Å². The Morgan fingerprint density at radius 3 is 2.91 bits per heavy atom. The standard InChI is InChI=1S/C15H16ClN3O2S/c16-11-5-1-3-9(7-12-14(20)18-15(21)22-12)13(11)19-6-2-4-10(17)8-19/h1,3,5,7,10H,2,4,6,8,17H2,(H,18,20,21)/b12-7-. The Kier molecular flexibility index (Phi) is 4.42. The van der Waals surface area contributed by atoms with Crippen molar-refractivity contribution in [1.29, 1.82) is 0 Å². The summed E-state index contributed by atoms with van der Waals surface area (Å²) >= 11 is 7.28. The molecule has 116 valence electrons. The van der Waals surface area contributed by atoms with Crippen LogP contribution in [0.2, 0.25) is 5.02 Å². The number of carbonyl (C=O) groups excluding carboxylic acids is 2. The van der Waals surface area contributed by atoms with Crippen molar-refractivity contribution in [3.8, 4) is 0 Å². The Labute approximate surface area is 137 Å². The summed E-state index contributed by atoms with van der Waals surface area (Å²) in [5.74, 6) is -0.365. The molecular weight excluding hydrogens is 322 g/mol. The number of para-hydroxylation sites is 1. The van der Waals surface area contributed by atoms with Gasteiger partial charge >= 0.3 is 0 Å². The van der Waals surface area contributed by atoms with E-state index in [-0.39, 0.29) is 17.2 Å². The largest absolute Gasteiger partial charge is 0.368 e. The van der Waals surface area contributed by atoms with Crippen molar-refractivity contribution in [2.24, 2.45) is 5.73 Å². The second-order valence-electron chi connectivity index (χ2n) is 5.38. The monoisotopic (exact) mass is 337 g/mol. The van der Waals surface area contributed by atoms with Crippen LogP contribution in [0.4, 0.5) is 10.5 Å². The smallest absolute Gasteiger partial charge is 0.290 e. The van der Waals surface area contributed by atoms with Crippen LogP contribution in [0.15, 0.2) is 23.1 Å². The first-order valence-corrected chi connectivity index (χ1v) is 8.28. The number of thioether (sulfide) groups is 1. The van der Waals surface area contributed by atoms with E-state index in [1.807, 2.05) is 18.2 Å². The van der Waals surface area contributed by atoms with Gasteiger partial charge in [0, 0.05) is 24.7 Å². The summed E-state index contributed by atoms with van der Waals surface area (Å²) in [6.45, 7) is 1.62. The lowest BCUT2D eigenvalue weighted by molar-refractivity contribution is -0.115. The highest BCUT2D eigenvalue weighted by Gasteiger charge is 2.26. The summed E-state index contributed by atoms with van der Waals surface area (Å²) in [5.41, 5.74) is 7.76. The number of hydrogen-bond acceptors (Lipinski definition) is 5. The maximum atomic E-state index is 11.7. The second kappa shape index (κ2) is 6.32. The van der Waals surface area contributed by atoms with Gasteiger partial charge in [0.2, 0.25) is 0 Å². The van der Waals surface area contributed by atoms with Gasteiger partial charge in [-0.2, -0.15) is 0 Å². The lowest BCUT2D eigenvalue weighted by Crippen LogP contribution is -2.43. The molecule has 2 saturated heterocycles. The molecule has 22 heavy (non-hydrogen) atoms. The highest BCUT2D eigenvalue weighted by atomic mass is 35.5. The van der Waals surface area contributed by atoms with Gasteiger partial charge in [0.05, 0.1) is 15.6 Å². The third-order valence-electron chi connectivity index (χ3n) is 3.72. The molecule has 2 heterocycles. The third kappa shape index (κ3) is 3.14. The molecule has 0 aromatic heterocycles. The van der Waals surface area contributed by atoms with Crippen LogP contribution in [0.25, 0.3) is 6.08 Å². The van der Waals surface area contributed by atoms with E-state index in [4.69, 9.17) is 17.3 Å². The Morgan fingerprint density at radius 1 is 1.41 bits per heavy atom. The molecule has 0 bridgehead atoms. The first-order chi connectivity index (χ1) is 10.5. The van der Waals surface area contributed by atoms with Crippen molar-refractivity contribution in [3.05, 3.63) is 33.7 Å². The molecule has 0 spiro atoms. The minimum Gasteiger partial charge on any atom is -0.368 e. The van der Waals surface area contributed by atoms with Crippen LogP contribution in [0.3, 0.4) is 0 Å². The van der Waals surface area contributed by atoms with Gasteiger partial charge in [-0.3, -0.25) is 14.9 Å². The van der Waals surface area contributed by atoms with Gasteiger partial charge in [-0.05, 0) is 36.7 Å². The van der Waals surface area contributed by atoms with Gasteiger partial charge in [0.1, 0.15) is 0 Å². The fraction of sp³-hybridized carbons (Fsp3) is 0.333. The Morgan fingerprint density at radius 2 is 2.23 bits per heavy atom. The topological polar surface area (TPSA) is 75.4 Å². The van der Waals surface area contributed by atoms with E-state index in [1.54, 1.807) is 6.08 Å². The number of rotatable bonds is 2. The van der Waals surface area contributed by atoms with Gasteiger partial charge in [0.25, 0.3) is 11.1 Å². The summed E-state index contributed by atoms with van der Waals surface area (Å²) in [5, 5.41) is 2.53. The van der Waals surface area contributed by atoms with E-state index in [2.05, 4.69) is 10.2 Å². The van der Waals surface area contributed by atoms with Gasteiger partial charge in [0.15, 0.2) is 0 Å². The van der Waals surface area contributed by atoms with E-state index in [9.17, 15) is 9.59 Å². The zero-order valence-electron chi connectivity index (χ0n) is 11.8. The summed E-state index contributed by atoms with van der Waals surface area (Å²) in [6.07, 6.45) is 3.73. The maximum Gasteiger partial charge on any atom is 0.290 e. The van der Waals surface area contributed by atoms with Crippen molar-refractivity contribution in [2.45, 2.75) is 18.9 Å². The molecule has 2 aliphatic rings. The molecule has 2 aliphatic heterocycles. The van der Waals surface area contributed by atoms with Gasteiger partial charge < -0.3 is 10.6 Å². The zero-order chi connectivity index (χ0) is 15.7. The molecular formula is C15H16ClN3O2S.